The summed E-state index contributed by atoms with van der Waals surface area (Å²) in [6, 6.07) is -0.345. The maximum absolute atomic E-state index is 12.5. The lowest BCUT2D eigenvalue weighted by Gasteiger charge is -2.24. The van der Waals surface area contributed by atoms with E-state index in [1.807, 2.05) is 0 Å². The number of alkyl halides is 3. The molecular formula is C9H13F3N4. The van der Waals surface area contributed by atoms with Crippen LogP contribution in [0.3, 0.4) is 0 Å². The standard InChI is InChI=1S/C9H13F3N4/c1-5(13)8-14-7-3-2-6(9(10,11)12)4-16(7)15-8/h5-6H,2-4,13H2,1H3. The van der Waals surface area contributed by atoms with Crippen LogP contribution in [-0.4, -0.2) is 20.9 Å². The van der Waals surface area contributed by atoms with Gasteiger partial charge in [0.05, 0.1) is 18.5 Å². The molecule has 2 rings (SSSR count). The Bertz CT molecular complexity index is 383. The zero-order chi connectivity index (χ0) is 11.9. The van der Waals surface area contributed by atoms with E-state index in [1.54, 1.807) is 6.92 Å². The van der Waals surface area contributed by atoms with Crippen LogP contribution < -0.4 is 5.73 Å². The Hall–Kier alpha value is -1.11. The van der Waals surface area contributed by atoms with Crippen molar-refractivity contribution in [3.63, 3.8) is 0 Å². The van der Waals surface area contributed by atoms with Crippen LogP contribution in [0.25, 0.3) is 0 Å². The second-order valence-corrected chi connectivity index (χ2v) is 4.13. The van der Waals surface area contributed by atoms with E-state index in [9.17, 15) is 13.2 Å². The zero-order valence-corrected chi connectivity index (χ0v) is 8.83. The van der Waals surface area contributed by atoms with E-state index >= 15 is 0 Å². The van der Waals surface area contributed by atoms with Crippen molar-refractivity contribution in [3.05, 3.63) is 11.6 Å². The summed E-state index contributed by atoms with van der Waals surface area (Å²) >= 11 is 0. The highest BCUT2D eigenvalue weighted by Crippen LogP contribution is 2.33. The molecule has 90 valence electrons. The van der Waals surface area contributed by atoms with Crippen LogP contribution in [-0.2, 0) is 13.0 Å². The summed E-state index contributed by atoms with van der Waals surface area (Å²) in [5.41, 5.74) is 5.59. The fourth-order valence-electron chi connectivity index (χ4n) is 1.79. The Morgan fingerprint density at radius 2 is 2.19 bits per heavy atom. The predicted octanol–water partition coefficient (Wildman–Crippen LogP) is 1.42. The number of nitrogens with zero attached hydrogens (tertiary/aromatic N) is 3. The van der Waals surface area contributed by atoms with Crippen LogP contribution in [0.5, 0.6) is 0 Å². The largest absolute Gasteiger partial charge is 0.393 e. The molecule has 1 aliphatic rings. The first-order valence-corrected chi connectivity index (χ1v) is 5.14. The number of nitrogens with two attached hydrogens (primary N) is 1. The van der Waals surface area contributed by atoms with E-state index < -0.39 is 12.1 Å². The summed E-state index contributed by atoms with van der Waals surface area (Å²) in [6.07, 6.45) is -3.76. The Balaban J connectivity index is 2.21. The highest BCUT2D eigenvalue weighted by atomic mass is 19.4. The van der Waals surface area contributed by atoms with Gasteiger partial charge in [0.25, 0.3) is 0 Å². The summed E-state index contributed by atoms with van der Waals surface area (Å²) < 4.78 is 38.9. The SMILES string of the molecule is CC(N)c1nc2n(n1)CC(C(F)(F)F)CC2. The lowest BCUT2D eigenvalue weighted by atomic mass is 9.99. The molecule has 0 spiro atoms. The minimum absolute atomic E-state index is 0.0839. The molecule has 1 aliphatic heterocycles. The molecule has 4 nitrogen and oxygen atoms in total. The van der Waals surface area contributed by atoms with Gasteiger partial charge in [-0.15, -0.1) is 0 Å². The fraction of sp³-hybridized carbons (Fsp3) is 0.778. The molecule has 0 radical (unpaired) electrons. The van der Waals surface area contributed by atoms with E-state index in [2.05, 4.69) is 10.1 Å². The topological polar surface area (TPSA) is 56.7 Å². The third-order valence-corrected chi connectivity index (χ3v) is 2.74. The van der Waals surface area contributed by atoms with Crippen LogP contribution in [0.15, 0.2) is 0 Å². The summed E-state index contributed by atoms with van der Waals surface area (Å²) in [5.74, 6) is -0.298. The van der Waals surface area contributed by atoms with Gasteiger partial charge in [-0.1, -0.05) is 0 Å². The fourth-order valence-corrected chi connectivity index (χ4v) is 1.79. The van der Waals surface area contributed by atoms with Crippen molar-refractivity contribution in [3.8, 4) is 0 Å². The van der Waals surface area contributed by atoms with Crippen LogP contribution in [0, 0.1) is 5.92 Å². The van der Waals surface area contributed by atoms with Gasteiger partial charge in [-0.25, -0.2) is 9.67 Å². The van der Waals surface area contributed by atoms with E-state index in [1.165, 1.54) is 4.68 Å². The molecule has 0 aromatic carbocycles. The molecule has 0 bridgehead atoms. The molecule has 2 N–H and O–H groups in total. The molecule has 0 saturated carbocycles. The number of rotatable bonds is 1. The van der Waals surface area contributed by atoms with E-state index in [0.717, 1.165) is 0 Å². The number of hydrogen-bond acceptors (Lipinski definition) is 3. The number of aryl methyl sites for hydroxylation is 1. The lowest BCUT2D eigenvalue weighted by molar-refractivity contribution is -0.182. The van der Waals surface area contributed by atoms with Gasteiger partial charge in [-0.3, -0.25) is 0 Å². The predicted molar refractivity (Wildman–Crippen MR) is 50.5 cm³/mol. The lowest BCUT2D eigenvalue weighted by Crippen LogP contribution is -2.32. The normalized spacial score (nSPS) is 22.9. The van der Waals surface area contributed by atoms with Gasteiger partial charge >= 0.3 is 6.18 Å². The van der Waals surface area contributed by atoms with Crippen molar-refractivity contribution in [1.82, 2.24) is 14.8 Å². The summed E-state index contributed by atoms with van der Waals surface area (Å²) in [7, 11) is 0. The Kier molecular flexibility index (Phi) is 2.65. The van der Waals surface area contributed by atoms with E-state index in [4.69, 9.17) is 5.73 Å². The Morgan fingerprint density at radius 1 is 1.50 bits per heavy atom. The molecule has 0 aliphatic carbocycles. The second-order valence-electron chi connectivity index (χ2n) is 4.13. The molecule has 1 aromatic rings. The van der Waals surface area contributed by atoms with Crippen molar-refractivity contribution < 1.29 is 13.2 Å². The average Bonchev–Trinajstić information content (AvgIpc) is 2.58. The Labute approximate surface area is 90.6 Å². The summed E-state index contributed by atoms with van der Waals surface area (Å²) in [5, 5.41) is 3.99. The molecule has 2 atom stereocenters. The van der Waals surface area contributed by atoms with Gasteiger partial charge in [0, 0.05) is 6.42 Å². The Morgan fingerprint density at radius 3 is 2.75 bits per heavy atom. The van der Waals surface area contributed by atoms with Gasteiger partial charge in [0.1, 0.15) is 5.82 Å². The second kappa shape index (κ2) is 3.73. The average molecular weight is 234 g/mol. The van der Waals surface area contributed by atoms with Crippen molar-refractivity contribution in [1.29, 1.82) is 0 Å². The van der Waals surface area contributed by atoms with Crippen LogP contribution in [0.2, 0.25) is 0 Å². The van der Waals surface area contributed by atoms with Gasteiger partial charge in [0.15, 0.2) is 5.82 Å². The maximum Gasteiger partial charge on any atom is 0.393 e. The molecular weight excluding hydrogens is 221 g/mol. The van der Waals surface area contributed by atoms with Gasteiger partial charge < -0.3 is 5.73 Å². The highest BCUT2D eigenvalue weighted by molar-refractivity contribution is 5.00. The first kappa shape index (κ1) is 11.4. The van der Waals surface area contributed by atoms with Gasteiger partial charge in [0.2, 0.25) is 0 Å². The minimum atomic E-state index is -4.15. The minimum Gasteiger partial charge on any atom is -0.321 e. The molecule has 16 heavy (non-hydrogen) atoms. The van der Waals surface area contributed by atoms with Gasteiger partial charge in [-0.05, 0) is 13.3 Å². The first-order chi connectivity index (χ1) is 7.38. The summed E-state index contributed by atoms with van der Waals surface area (Å²) in [4.78, 5) is 4.13. The van der Waals surface area contributed by atoms with Crippen molar-refractivity contribution in [2.24, 2.45) is 11.7 Å². The summed E-state index contributed by atoms with van der Waals surface area (Å²) in [6.45, 7) is 1.57. The third-order valence-electron chi connectivity index (χ3n) is 2.74. The van der Waals surface area contributed by atoms with Crippen LogP contribution in [0.1, 0.15) is 31.0 Å². The molecule has 1 aromatic heterocycles. The number of halogens is 3. The van der Waals surface area contributed by atoms with Crippen LogP contribution in [0.4, 0.5) is 13.2 Å². The maximum atomic E-state index is 12.5. The van der Waals surface area contributed by atoms with E-state index in [-0.39, 0.29) is 19.0 Å². The van der Waals surface area contributed by atoms with Crippen molar-refractivity contribution in [2.45, 2.75) is 38.5 Å². The molecule has 2 unspecified atom stereocenters. The van der Waals surface area contributed by atoms with Crippen molar-refractivity contribution in [2.75, 3.05) is 0 Å². The van der Waals surface area contributed by atoms with Crippen molar-refractivity contribution >= 4 is 0 Å². The first-order valence-electron chi connectivity index (χ1n) is 5.14. The smallest absolute Gasteiger partial charge is 0.321 e. The molecule has 0 saturated heterocycles. The third kappa shape index (κ3) is 2.04. The quantitative estimate of drug-likeness (QED) is 0.799. The molecule has 0 amide bonds. The highest BCUT2D eigenvalue weighted by Gasteiger charge is 2.42. The van der Waals surface area contributed by atoms with E-state index in [0.29, 0.717) is 18.1 Å². The monoisotopic (exact) mass is 234 g/mol. The number of hydrogen-bond donors (Lipinski definition) is 1. The molecule has 2 heterocycles. The molecule has 7 heteroatoms. The van der Waals surface area contributed by atoms with Gasteiger partial charge in [-0.2, -0.15) is 18.3 Å². The van der Waals surface area contributed by atoms with Crippen LogP contribution >= 0.6 is 0 Å². The number of aromatic nitrogens is 3. The number of fused-ring (bicyclic) bond motifs is 1. The zero-order valence-electron chi connectivity index (χ0n) is 8.83. The molecule has 0 fully saturated rings.